The number of aliphatic hydroxyl groups is 1. The van der Waals surface area contributed by atoms with Crippen LogP contribution in [-0.2, 0) is 9.53 Å². The molecule has 0 atom stereocenters. The Balaban J connectivity index is 1.29. The summed E-state index contributed by atoms with van der Waals surface area (Å²) in [5.74, 6) is 1.32. The lowest BCUT2D eigenvalue weighted by molar-refractivity contribution is -0.117. The van der Waals surface area contributed by atoms with E-state index in [2.05, 4.69) is 25.1 Å². The van der Waals surface area contributed by atoms with Gasteiger partial charge in [-0.05, 0) is 36.6 Å². The average Bonchev–Trinajstić information content (AvgIpc) is 2.98. The van der Waals surface area contributed by atoms with Crippen LogP contribution < -0.4 is 16.0 Å². The SMILES string of the molecule is Nc1ncc(-c2nc(N3CCOCC3)c3ncc(-c4cccc(NC(=O)CN5CCC(O)CC5)c4)cc3n2)cn1. The number of anilines is 3. The van der Waals surface area contributed by atoms with Gasteiger partial charge >= 0.3 is 0 Å². The molecule has 6 rings (SSSR count). The van der Waals surface area contributed by atoms with Gasteiger partial charge in [-0.25, -0.2) is 19.9 Å². The van der Waals surface area contributed by atoms with Crippen LogP contribution in [0.25, 0.3) is 33.5 Å². The molecule has 1 aromatic carbocycles. The number of carbonyl (C=O) groups is 1. The monoisotopic (exact) mass is 541 g/mol. The van der Waals surface area contributed by atoms with Crippen molar-refractivity contribution in [2.24, 2.45) is 0 Å². The fourth-order valence-corrected chi connectivity index (χ4v) is 5.00. The molecule has 0 spiro atoms. The third-order valence-corrected chi connectivity index (χ3v) is 7.16. The number of morpholine rings is 1. The molecule has 4 N–H and O–H groups in total. The molecule has 2 aliphatic rings. The number of hydrogen-bond acceptors (Lipinski definition) is 11. The highest BCUT2D eigenvalue weighted by Crippen LogP contribution is 2.30. The van der Waals surface area contributed by atoms with Gasteiger partial charge in [-0.2, -0.15) is 0 Å². The number of aliphatic hydroxyl groups excluding tert-OH is 1. The van der Waals surface area contributed by atoms with Crippen LogP contribution in [0, 0.1) is 0 Å². The third-order valence-electron chi connectivity index (χ3n) is 7.16. The maximum Gasteiger partial charge on any atom is 0.238 e. The highest BCUT2D eigenvalue weighted by molar-refractivity contribution is 5.94. The minimum absolute atomic E-state index is 0.0802. The first-order chi connectivity index (χ1) is 19.5. The summed E-state index contributed by atoms with van der Waals surface area (Å²) in [5, 5.41) is 12.7. The normalized spacial score (nSPS) is 16.8. The largest absolute Gasteiger partial charge is 0.393 e. The van der Waals surface area contributed by atoms with E-state index >= 15 is 0 Å². The van der Waals surface area contributed by atoms with E-state index < -0.39 is 0 Å². The van der Waals surface area contributed by atoms with Crippen molar-refractivity contribution in [3.8, 4) is 22.5 Å². The number of nitrogens with two attached hydrogens (primary N) is 1. The van der Waals surface area contributed by atoms with E-state index in [0.29, 0.717) is 73.8 Å². The van der Waals surface area contributed by atoms with Gasteiger partial charge in [-0.15, -0.1) is 0 Å². The number of aromatic nitrogens is 5. The zero-order valence-electron chi connectivity index (χ0n) is 22.0. The molecular formula is C28H31N9O3. The van der Waals surface area contributed by atoms with Crippen LogP contribution in [0.2, 0.25) is 0 Å². The molecule has 12 nitrogen and oxygen atoms in total. The standard InChI is InChI=1S/C28H31N9O3/c29-28-31-15-20(16-32-28)26-34-23-13-19(14-30-25(23)27(35-26)37-8-10-40-11-9-37)18-2-1-3-21(12-18)33-24(39)17-36-6-4-22(38)5-7-36/h1-3,12-16,22,38H,4-11,17H2,(H,33,39)(H2,29,31,32). The molecule has 12 heteroatoms. The molecule has 2 fully saturated rings. The number of carbonyl (C=O) groups excluding carboxylic acids is 1. The first-order valence-corrected chi connectivity index (χ1v) is 13.4. The second kappa shape index (κ2) is 11.5. The Morgan fingerprint density at radius 1 is 0.975 bits per heavy atom. The van der Waals surface area contributed by atoms with Crippen molar-refractivity contribution >= 4 is 34.4 Å². The second-order valence-electron chi connectivity index (χ2n) is 10.0. The molecule has 5 heterocycles. The van der Waals surface area contributed by atoms with Crippen LogP contribution in [0.4, 0.5) is 17.5 Å². The molecule has 206 valence electrons. The van der Waals surface area contributed by atoms with Crippen molar-refractivity contribution in [1.29, 1.82) is 0 Å². The minimum atomic E-state index is -0.266. The predicted octanol–water partition coefficient (Wildman–Crippen LogP) is 1.96. The van der Waals surface area contributed by atoms with E-state index in [0.717, 1.165) is 30.0 Å². The van der Waals surface area contributed by atoms with Gasteiger partial charge < -0.3 is 25.8 Å². The number of amides is 1. The van der Waals surface area contributed by atoms with Gasteiger partial charge in [0.25, 0.3) is 0 Å². The average molecular weight is 542 g/mol. The van der Waals surface area contributed by atoms with E-state index in [-0.39, 0.29) is 18.0 Å². The maximum atomic E-state index is 12.7. The minimum Gasteiger partial charge on any atom is -0.393 e. The zero-order valence-corrected chi connectivity index (χ0v) is 22.0. The Hall–Kier alpha value is -4.26. The molecule has 0 unspecified atom stereocenters. The summed E-state index contributed by atoms with van der Waals surface area (Å²) in [6.45, 7) is 4.36. The number of fused-ring (bicyclic) bond motifs is 1. The van der Waals surface area contributed by atoms with Crippen molar-refractivity contribution in [1.82, 2.24) is 29.8 Å². The van der Waals surface area contributed by atoms with Gasteiger partial charge in [0.2, 0.25) is 11.9 Å². The highest BCUT2D eigenvalue weighted by atomic mass is 16.5. The Morgan fingerprint density at radius 2 is 1.73 bits per heavy atom. The summed E-state index contributed by atoms with van der Waals surface area (Å²) in [7, 11) is 0. The fourth-order valence-electron chi connectivity index (χ4n) is 5.00. The summed E-state index contributed by atoms with van der Waals surface area (Å²) in [4.78, 5) is 39.5. The van der Waals surface area contributed by atoms with E-state index in [4.69, 9.17) is 25.4 Å². The van der Waals surface area contributed by atoms with Gasteiger partial charge in [0.1, 0.15) is 5.52 Å². The molecule has 2 saturated heterocycles. The van der Waals surface area contributed by atoms with Crippen LogP contribution >= 0.6 is 0 Å². The van der Waals surface area contributed by atoms with Crippen molar-refractivity contribution in [3.63, 3.8) is 0 Å². The molecule has 0 bridgehead atoms. The smallest absolute Gasteiger partial charge is 0.238 e. The number of nitrogens with one attached hydrogen (secondary N) is 1. The topological polar surface area (TPSA) is 156 Å². The lowest BCUT2D eigenvalue weighted by atomic mass is 10.1. The van der Waals surface area contributed by atoms with Gasteiger partial charge in [-0.3, -0.25) is 14.7 Å². The zero-order chi connectivity index (χ0) is 27.5. The molecule has 0 aliphatic carbocycles. The lowest BCUT2D eigenvalue weighted by Gasteiger charge is -2.28. The number of hydrogen-bond donors (Lipinski definition) is 3. The predicted molar refractivity (Wildman–Crippen MR) is 152 cm³/mol. The Kier molecular flexibility index (Phi) is 7.45. The molecule has 4 aromatic rings. The van der Waals surface area contributed by atoms with Crippen molar-refractivity contribution in [3.05, 3.63) is 48.9 Å². The highest BCUT2D eigenvalue weighted by Gasteiger charge is 2.21. The summed E-state index contributed by atoms with van der Waals surface area (Å²) in [5.41, 5.74) is 10.2. The molecular weight excluding hydrogens is 510 g/mol. The fraction of sp³-hybridized carbons (Fsp3) is 0.357. The summed E-state index contributed by atoms with van der Waals surface area (Å²) >= 11 is 0. The molecule has 2 aliphatic heterocycles. The number of benzene rings is 1. The van der Waals surface area contributed by atoms with Crippen LogP contribution in [0.15, 0.2) is 48.9 Å². The van der Waals surface area contributed by atoms with Crippen LogP contribution in [0.3, 0.4) is 0 Å². The van der Waals surface area contributed by atoms with Crippen LogP contribution in [0.1, 0.15) is 12.8 Å². The number of nitrogens with zero attached hydrogens (tertiary/aromatic N) is 7. The van der Waals surface area contributed by atoms with Gasteiger partial charge in [0.15, 0.2) is 11.6 Å². The van der Waals surface area contributed by atoms with Crippen molar-refractivity contribution in [2.75, 3.05) is 61.9 Å². The van der Waals surface area contributed by atoms with Gasteiger partial charge in [0.05, 0.1) is 36.9 Å². The molecule has 40 heavy (non-hydrogen) atoms. The van der Waals surface area contributed by atoms with Gasteiger partial charge in [-0.1, -0.05) is 12.1 Å². The van der Waals surface area contributed by atoms with Crippen LogP contribution in [0.5, 0.6) is 0 Å². The Labute approximate surface area is 231 Å². The summed E-state index contributed by atoms with van der Waals surface area (Å²) in [6, 6.07) is 9.66. The summed E-state index contributed by atoms with van der Waals surface area (Å²) in [6.07, 6.45) is 6.16. The van der Waals surface area contributed by atoms with E-state index in [1.165, 1.54) is 0 Å². The Bertz CT molecular complexity index is 1500. The second-order valence-corrected chi connectivity index (χ2v) is 10.0. The number of likely N-dealkylation sites (tertiary alicyclic amines) is 1. The first-order valence-electron chi connectivity index (χ1n) is 13.4. The number of nitrogen functional groups attached to an aromatic ring is 1. The van der Waals surface area contributed by atoms with Crippen molar-refractivity contribution in [2.45, 2.75) is 18.9 Å². The van der Waals surface area contributed by atoms with Crippen molar-refractivity contribution < 1.29 is 14.6 Å². The van der Waals surface area contributed by atoms with E-state index in [1.54, 1.807) is 12.4 Å². The molecule has 3 aromatic heterocycles. The van der Waals surface area contributed by atoms with E-state index in [9.17, 15) is 9.90 Å². The van der Waals surface area contributed by atoms with Crippen LogP contribution in [-0.4, -0.2) is 92.9 Å². The first kappa shape index (κ1) is 26.0. The quantitative estimate of drug-likeness (QED) is 0.328. The maximum absolute atomic E-state index is 12.7. The summed E-state index contributed by atoms with van der Waals surface area (Å²) < 4.78 is 5.54. The number of pyridine rings is 1. The number of rotatable bonds is 6. The molecule has 0 radical (unpaired) electrons. The van der Waals surface area contributed by atoms with Gasteiger partial charge in [0, 0.05) is 56.0 Å². The number of ether oxygens (including phenoxy) is 1. The Morgan fingerprint density at radius 3 is 2.50 bits per heavy atom. The van der Waals surface area contributed by atoms with E-state index in [1.807, 2.05) is 36.5 Å². The lowest BCUT2D eigenvalue weighted by Crippen LogP contribution is -2.40. The number of piperidine rings is 1. The molecule has 0 saturated carbocycles. The molecule has 1 amide bonds. The third kappa shape index (κ3) is 5.83.